The Morgan fingerprint density at radius 2 is 2.12 bits per heavy atom. The van der Waals surface area contributed by atoms with Crippen LogP contribution in [0.3, 0.4) is 0 Å². The second kappa shape index (κ2) is 7.33. The number of carbonyl (C=O) groups is 1. The van der Waals surface area contributed by atoms with Gasteiger partial charge in [-0.2, -0.15) is 0 Å². The third kappa shape index (κ3) is 4.24. The molecule has 2 heterocycles. The van der Waals surface area contributed by atoms with Crippen molar-refractivity contribution in [2.24, 2.45) is 5.92 Å². The van der Waals surface area contributed by atoms with Crippen LogP contribution in [-0.2, 0) is 17.8 Å². The van der Waals surface area contributed by atoms with Crippen molar-refractivity contribution in [2.45, 2.75) is 26.8 Å². The largest absolute Gasteiger partial charge is 0.338 e. The van der Waals surface area contributed by atoms with Crippen molar-refractivity contribution in [2.75, 3.05) is 5.32 Å². The highest BCUT2D eigenvalue weighted by Crippen LogP contribution is 2.19. The summed E-state index contributed by atoms with van der Waals surface area (Å²) >= 11 is 7.33. The zero-order valence-electron chi connectivity index (χ0n) is 13.8. The quantitative estimate of drug-likeness (QED) is 0.740. The molecule has 8 heteroatoms. The monoisotopic (exact) mass is 376 g/mol. The minimum atomic E-state index is -0.229. The van der Waals surface area contributed by atoms with Gasteiger partial charge in [0, 0.05) is 29.1 Å². The van der Waals surface area contributed by atoms with Crippen molar-refractivity contribution in [3.8, 4) is 0 Å². The SMILES string of the molecule is CC(C)Cc1nnc(NC(=O)Cn2ccc(=O)c3cc(Cl)ccc32)s1. The fourth-order valence-corrected chi connectivity index (χ4v) is 3.61. The number of aromatic nitrogens is 3. The van der Waals surface area contributed by atoms with Gasteiger partial charge in [-0.25, -0.2) is 0 Å². The van der Waals surface area contributed by atoms with E-state index in [4.69, 9.17) is 11.6 Å². The molecule has 0 radical (unpaired) electrons. The number of benzene rings is 1. The van der Waals surface area contributed by atoms with Crippen LogP contribution in [0.1, 0.15) is 18.9 Å². The Labute approximate surface area is 153 Å². The van der Waals surface area contributed by atoms with Crippen LogP contribution in [-0.4, -0.2) is 20.7 Å². The van der Waals surface area contributed by atoms with Gasteiger partial charge < -0.3 is 4.57 Å². The molecule has 1 aromatic carbocycles. The van der Waals surface area contributed by atoms with Crippen molar-refractivity contribution >= 4 is 44.9 Å². The van der Waals surface area contributed by atoms with E-state index in [2.05, 4.69) is 29.4 Å². The van der Waals surface area contributed by atoms with Gasteiger partial charge in [-0.15, -0.1) is 10.2 Å². The summed E-state index contributed by atoms with van der Waals surface area (Å²) in [5, 5.41) is 13.2. The van der Waals surface area contributed by atoms with Crippen molar-refractivity contribution in [1.29, 1.82) is 0 Å². The number of carbonyl (C=O) groups excluding carboxylic acids is 1. The van der Waals surface area contributed by atoms with Gasteiger partial charge in [0.25, 0.3) is 0 Å². The van der Waals surface area contributed by atoms with E-state index < -0.39 is 0 Å². The van der Waals surface area contributed by atoms with Crippen LogP contribution in [0.2, 0.25) is 5.02 Å². The minimum Gasteiger partial charge on any atom is -0.338 e. The molecule has 6 nitrogen and oxygen atoms in total. The summed E-state index contributed by atoms with van der Waals surface area (Å²) in [7, 11) is 0. The summed E-state index contributed by atoms with van der Waals surface area (Å²) in [5.41, 5.74) is 0.529. The van der Waals surface area contributed by atoms with Crippen LogP contribution < -0.4 is 10.7 Å². The summed E-state index contributed by atoms with van der Waals surface area (Å²) in [4.78, 5) is 24.3. The number of pyridine rings is 1. The van der Waals surface area contributed by atoms with Gasteiger partial charge in [0.15, 0.2) is 5.43 Å². The zero-order chi connectivity index (χ0) is 18.0. The molecule has 0 aliphatic rings. The summed E-state index contributed by atoms with van der Waals surface area (Å²) in [5.74, 6) is 0.253. The molecule has 2 aromatic heterocycles. The maximum Gasteiger partial charge on any atom is 0.246 e. The third-order valence-electron chi connectivity index (χ3n) is 3.55. The number of amides is 1. The average Bonchev–Trinajstić information content (AvgIpc) is 2.96. The number of rotatable bonds is 5. The standard InChI is InChI=1S/C17H17ClN4O2S/c1-10(2)7-16-20-21-17(25-16)19-15(24)9-22-6-5-14(23)12-8-11(18)3-4-13(12)22/h3-6,8,10H,7,9H2,1-2H3,(H,19,21,24). The molecule has 0 unspecified atom stereocenters. The van der Waals surface area contributed by atoms with E-state index in [0.717, 1.165) is 11.4 Å². The number of hydrogen-bond donors (Lipinski definition) is 1. The molecule has 25 heavy (non-hydrogen) atoms. The highest BCUT2D eigenvalue weighted by Gasteiger charge is 2.11. The number of nitrogens with one attached hydrogen (secondary N) is 1. The van der Waals surface area contributed by atoms with Crippen molar-refractivity contribution in [3.63, 3.8) is 0 Å². The smallest absolute Gasteiger partial charge is 0.246 e. The lowest BCUT2D eigenvalue weighted by Crippen LogP contribution is -2.20. The van der Waals surface area contributed by atoms with E-state index in [9.17, 15) is 9.59 Å². The molecule has 0 atom stereocenters. The molecule has 0 aliphatic heterocycles. The Bertz CT molecular complexity index is 980. The molecule has 0 saturated carbocycles. The molecule has 1 amide bonds. The van der Waals surface area contributed by atoms with Crippen molar-refractivity contribution in [1.82, 2.24) is 14.8 Å². The molecule has 3 aromatic rings. The summed E-state index contributed by atoms with van der Waals surface area (Å²) in [6, 6.07) is 6.47. The number of anilines is 1. The fourth-order valence-electron chi connectivity index (χ4n) is 2.47. The van der Waals surface area contributed by atoms with Crippen LogP contribution in [0.25, 0.3) is 10.9 Å². The molecule has 0 fully saturated rings. The normalized spacial score (nSPS) is 11.2. The third-order valence-corrected chi connectivity index (χ3v) is 4.65. The molecule has 0 spiro atoms. The Kier molecular flexibility index (Phi) is 5.15. The number of nitrogens with zero attached hydrogens (tertiary/aromatic N) is 3. The van der Waals surface area contributed by atoms with Gasteiger partial charge in [-0.05, 0) is 24.1 Å². The molecule has 3 rings (SSSR count). The predicted octanol–water partition coefficient (Wildman–Crippen LogP) is 3.34. The summed E-state index contributed by atoms with van der Waals surface area (Å²) < 4.78 is 1.71. The second-order valence-electron chi connectivity index (χ2n) is 6.12. The Morgan fingerprint density at radius 1 is 1.32 bits per heavy atom. The predicted molar refractivity (Wildman–Crippen MR) is 100 cm³/mol. The topological polar surface area (TPSA) is 76.9 Å². The summed E-state index contributed by atoms with van der Waals surface area (Å²) in [6.07, 6.45) is 2.43. The Balaban J connectivity index is 1.77. The molecular formula is C17H17ClN4O2S. The molecule has 0 saturated heterocycles. The molecule has 0 bridgehead atoms. The number of halogens is 1. The average molecular weight is 377 g/mol. The van der Waals surface area contributed by atoms with E-state index in [1.165, 1.54) is 17.4 Å². The van der Waals surface area contributed by atoms with Gasteiger partial charge in [0.05, 0.1) is 5.52 Å². The Hall–Kier alpha value is -2.25. The van der Waals surface area contributed by atoms with E-state index in [-0.39, 0.29) is 17.9 Å². The lowest BCUT2D eigenvalue weighted by molar-refractivity contribution is -0.116. The van der Waals surface area contributed by atoms with Crippen LogP contribution in [0.4, 0.5) is 5.13 Å². The van der Waals surface area contributed by atoms with Crippen LogP contribution in [0.5, 0.6) is 0 Å². The number of hydrogen-bond acceptors (Lipinski definition) is 5. The summed E-state index contributed by atoms with van der Waals surface area (Å²) in [6.45, 7) is 4.28. The van der Waals surface area contributed by atoms with E-state index >= 15 is 0 Å². The highest BCUT2D eigenvalue weighted by molar-refractivity contribution is 7.15. The van der Waals surface area contributed by atoms with E-state index in [1.807, 2.05) is 0 Å². The first-order chi connectivity index (χ1) is 11.9. The first-order valence-electron chi connectivity index (χ1n) is 7.83. The lowest BCUT2D eigenvalue weighted by atomic mass is 10.1. The van der Waals surface area contributed by atoms with Crippen LogP contribution >= 0.6 is 22.9 Å². The molecular weight excluding hydrogens is 360 g/mol. The van der Waals surface area contributed by atoms with Gasteiger partial charge in [-0.1, -0.05) is 36.8 Å². The molecule has 1 N–H and O–H groups in total. The van der Waals surface area contributed by atoms with E-state index in [0.29, 0.717) is 27.0 Å². The molecule has 130 valence electrons. The van der Waals surface area contributed by atoms with Gasteiger partial charge in [0.2, 0.25) is 11.0 Å². The maximum atomic E-state index is 12.3. The van der Waals surface area contributed by atoms with Crippen LogP contribution in [0.15, 0.2) is 35.3 Å². The van der Waals surface area contributed by atoms with Crippen molar-refractivity contribution < 1.29 is 4.79 Å². The minimum absolute atomic E-state index is 0.0670. The Morgan fingerprint density at radius 3 is 2.88 bits per heavy atom. The van der Waals surface area contributed by atoms with Gasteiger partial charge >= 0.3 is 0 Å². The van der Waals surface area contributed by atoms with E-state index in [1.54, 1.807) is 29.0 Å². The lowest BCUT2D eigenvalue weighted by Gasteiger charge is -2.10. The fraction of sp³-hybridized carbons (Fsp3) is 0.294. The zero-order valence-corrected chi connectivity index (χ0v) is 15.4. The van der Waals surface area contributed by atoms with Crippen molar-refractivity contribution in [3.05, 3.63) is 50.7 Å². The van der Waals surface area contributed by atoms with Gasteiger partial charge in [0.1, 0.15) is 11.6 Å². The maximum absolute atomic E-state index is 12.3. The highest BCUT2D eigenvalue weighted by atomic mass is 35.5. The first-order valence-corrected chi connectivity index (χ1v) is 9.03. The van der Waals surface area contributed by atoms with Crippen LogP contribution in [0, 0.1) is 5.92 Å². The second-order valence-corrected chi connectivity index (χ2v) is 7.61. The first kappa shape index (κ1) is 17.6. The molecule has 0 aliphatic carbocycles. The number of fused-ring (bicyclic) bond motifs is 1. The van der Waals surface area contributed by atoms with Gasteiger partial charge in [-0.3, -0.25) is 14.9 Å².